The summed E-state index contributed by atoms with van der Waals surface area (Å²) < 4.78 is 5.11. The van der Waals surface area contributed by atoms with Gasteiger partial charge in [0, 0.05) is 48.9 Å². The normalized spacial score (nSPS) is 20.9. The van der Waals surface area contributed by atoms with Crippen LogP contribution in [0.3, 0.4) is 0 Å². The summed E-state index contributed by atoms with van der Waals surface area (Å²) in [4.78, 5) is 2.30. The second kappa shape index (κ2) is 5.78. The van der Waals surface area contributed by atoms with Crippen molar-refractivity contribution in [1.29, 1.82) is 0 Å². The summed E-state index contributed by atoms with van der Waals surface area (Å²) in [5, 5.41) is 14.1. The highest BCUT2D eigenvalue weighted by Gasteiger charge is 2.18. The topological polar surface area (TPSA) is 44.7 Å². The molecule has 1 aliphatic heterocycles. The van der Waals surface area contributed by atoms with Gasteiger partial charge in [0.1, 0.15) is 0 Å². The van der Waals surface area contributed by atoms with E-state index in [1.807, 2.05) is 0 Å². The van der Waals surface area contributed by atoms with Gasteiger partial charge in [-0.2, -0.15) is 0 Å². The zero-order chi connectivity index (χ0) is 13.1. The molecule has 2 N–H and O–H groups in total. The number of ether oxygens (including phenoxy) is 1. The summed E-state index contributed by atoms with van der Waals surface area (Å²) in [6.07, 6.45) is 0. The van der Waals surface area contributed by atoms with Crippen molar-refractivity contribution >= 4 is 11.6 Å². The van der Waals surface area contributed by atoms with Crippen molar-refractivity contribution in [2.75, 3.05) is 26.7 Å². The molecule has 18 heavy (non-hydrogen) atoms. The molecule has 0 bridgehead atoms. The second-order valence-electron chi connectivity index (χ2n) is 4.71. The summed E-state index contributed by atoms with van der Waals surface area (Å²) in [5.41, 5.74) is 0.813. The molecule has 1 aliphatic rings. The predicted molar refractivity (Wildman–Crippen MR) is 72.4 cm³/mol. The summed E-state index contributed by atoms with van der Waals surface area (Å²) >= 11 is 6.03. The fraction of sp³-hybridized carbons (Fsp3) is 0.538. The van der Waals surface area contributed by atoms with Crippen molar-refractivity contribution in [3.8, 4) is 11.5 Å². The Labute approximate surface area is 113 Å². The van der Waals surface area contributed by atoms with E-state index in [1.54, 1.807) is 12.1 Å². The fourth-order valence-electron chi connectivity index (χ4n) is 2.30. The predicted octanol–water partition coefficient (Wildman–Crippen LogP) is 1.85. The van der Waals surface area contributed by atoms with Gasteiger partial charge in [0.25, 0.3) is 0 Å². The molecule has 1 aromatic rings. The molecule has 4 nitrogen and oxygen atoms in total. The minimum Gasteiger partial charge on any atom is -0.504 e. The average molecular weight is 271 g/mol. The van der Waals surface area contributed by atoms with E-state index < -0.39 is 0 Å². The SMILES string of the molecule is COc1cc(Cl)cc(CN2CCNC(C)C2)c1O. The first-order valence-electron chi connectivity index (χ1n) is 6.11. The van der Waals surface area contributed by atoms with Crippen LogP contribution in [0.15, 0.2) is 12.1 Å². The van der Waals surface area contributed by atoms with Gasteiger partial charge in [0.05, 0.1) is 7.11 Å². The molecule has 1 saturated heterocycles. The van der Waals surface area contributed by atoms with E-state index in [9.17, 15) is 5.11 Å². The molecule has 0 aromatic heterocycles. The Morgan fingerprint density at radius 1 is 1.56 bits per heavy atom. The van der Waals surface area contributed by atoms with E-state index in [0.29, 0.717) is 23.4 Å². The molecule has 5 heteroatoms. The van der Waals surface area contributed by atoms with Crippen molar-refractivity contribution in [2.24, 2.45) is 0 Å². The van der Waals surface area contributed by atoms with E-state index >= 15 is 0 Å². The van der Waals surface area contributed by atoms with Crippen molar-refractivity contribution in [3.63, 3.8) is 0 Å². The number of piperazine rings is 1. The van der Waals surface area contributed by atoms with Gasteiger partial charge in [0.15, 0.2) is 11.5 Å². The lowest BCUT2D eigenvalue weighted by Gasteiger charge is -2.32. The second-order valence-corrected chi connectivity index (χ2v) is 5.14. The van der Waals surface area contributed by atoms with Crippen molar-refractivity contribution in [1.82, 2.24) is 10.2 Å². The Hall–Kier alpha value is -0.970. The third-order valence-corrected chi connectivity index (χ3v) is 3.40. The van der Waals surface area contributed by atoms with Crippen LogP contribution in [0.5, 0.6) is 11.5 Å². The van der Waals surface area contributed by atoms with Gasteiger partial charge in [-0.1, -0.05) is 11.6 Å². The molecule has 1 heterocycles. The highest BCUT2D eigenvalue weighted by atomic mass is 35.5. The van der Waals surface area contributed by atoms with Crippen LogP contribution in [-0.4, -0.2) is 42.8 Å². The summed E-state index contributed by atoms with van der Waals surface area (Å²) in [7, 11) is 1.53. The lowest BCUT2D eigenvalue weighted by Crippen LogP contribution is -2.48. The van der Waals surface area contributed by atoms with Crippen LogP contribution in [0.1, 0.15) is 12.5 Å². The molecule has 1 unspecified atom stereocenters. The highest BCUT2D eigenvalue weighted by molar-refractivity contribution is 6.30. The maximum atomic E-state index is 10.1. The Morgan fingerprint density at radius 3 is 3.00 bits per heavy atom. The molecule has 0 spiro atoms. The van der Waals surface area contributed by atoms with Gasteiger partial charge in [-0.3, -0.25) is 4.90 Å². The smallest absolute Gasteiger partial charge is 0.162 e. The average Bonchev–Trinajstić information content (AvgIpc) is 2.33. The third kappa shape index (κ3) is 3.07. The van der Waals surface area contributed by atoms with Crippen LogP contribution in [0.4, 0.5) is 0 Å². The first-order chi connectivity index (χ1) is 8.60. The van der Waals surface area contributed by atoms with Gasteiger partial charge in [0.2, 0.25) is 0 Å². The molecule has 0 amide bonds. The largest absolute Gasteiger partial charge is 0.504 e. The number of hydrogen-bond donors (Lipinski definition) is 2. The molecule has 0 radical (unpaired) electrons. The van der Waals surface area contributed by atoms with E-state index in [0.717, 1.165) is 25.2 Å². The summed E-state index contributed by atoms with van der Waals surface area (Å²) in [5.74, 6) is 0.619. The minimum absolute atomic E-state index is 0.188. The first-order valence-corrected chi connectivity index (χ1v) is 6.49. The van der Waals surface area contributed by atoms with E-state index in [4.69, 9.17) is 16.3 Å². The Bertz CT molecular complexity index is 426. The Balaban J connectivity index is 2.15. The number of hydrogen-bond acceptors (Lipinski definition) is 4. The van der Waals surface area contributed by atoms with Crippen LogP contribution < -0.4 is 10.1 Å². The number of phenols is 1. The Kier molecular flexibility index (Phi) is 4.32. The third-order valence-electron chi connectivity index (χ3n) is 3.19. The number of benzene rings is 1. The molecular formula is C13H19ClN2O2. The van der Waals surface area contributed by atoms with Crippen molar-refractivity contribution < 1.29 is 9.84 Å². The van der Waals surface area contributed by atoms with Gasteiger partial charge in [-0.15, -0.1) is 0 Å². The number of nitrogens with one attached hydrogen (secondary N) is 1. The molecular weight excluding hydrogens is 252 g/mol. The zero-order valence-corrected chi connectivity index (χ0v) is 11.5. The number of rotatable bonds is 3. The van der Waals surface area contributed by atoms with Crippen LogP contribution >= 0.6 is 11.6 Å². The minimum atomic E-state index is 0.188. The standard InChI is InChI=1S/C13H19ClN2O2/c1-9-7-16(4-3-15-9)8-10-5-11(14)6-12(18-2)13(10)17/h5-6,9,15,17H,3-4,7-8H2,1-2H3. The van der Waals surface area contributed by atoms with Crippen molar-refractivity contribution in [3.05, 3.63) is 22.7 Å². The lowest BCUT2D eigenvalue weighted by atomic mass is 10.1. The van der Waals surface area contributed by atoms with Crippen molar-refractivity contribution in [2.45, 2.75) is 19.5 Å². The van der Waals surface area contributed by atoms with Gasteiger partial charge in [-0.25, -0.2) is 0 Å². The summed E-state index contributed by atoms with van der Waals surface area (Å²) in [6, 6.07) is 3.90. The van der Waals surface area contributed by atoms with Crippen LogP contribution in [0.2, 0.25) is 5.02 Å². The number of aromatic hydroxyl groups is 1. The summed E-state index contributed by atoms with van der Waals surface area (Å²) in [6.45, 7) is 5.76. The molecule has 1 aromatic carbocycles. The molecule has 100 valence electrons. The van der Waals surface area contributed by atoms with E-state index in [1.165, 1.54) is 7.11 Å². The number of nitrogens with zero attached hydrogens (tertiary/aromatic N) is 1. The molecule has 1 fully saturated rings. The van der Waals surface area contributed by atoms with Gasteiger partial charge in [-0.05, 0) is 13.0 Å². The Morgan fingerprint density at radius 2 is 2.33 bits per heavy atom. The van der Waals surface area contributed by atoms with Crippen LogP contribution in [0, 0.1) is 0 Å². The monoisotopic (exact) mass is 270 g/mol. The number of phenolic OH excluding ortho intramolecular Hbond substituents is 1. The lowest BCUT2D eigenvalue weighted by molar-refractivity contribution is 0.197. The highest BCUT2D eigenvalue weighted by Crippen LogP contribution is 2.34. The van der Waals surface area contributed by atoms with Crippen LogP contribution in [-0.2, 0) is 6.54 Å². The molecule has 1 atom stereocenters. The molecule has 0 saturated carbocycles. The molecule has 0 aliphatic carbocycles. The zero-order valence-electron chi connectivity index (χ0n) is 10.7. The van der Waals surface area contributed by atoms with Crippen LogP contribution in [0.25, 0.3) is 0 Å². The van der Waals surface area contributed by atoms with E-state index in [-0.39, 0.29) is 5.75 Å². The van der Waals surface area contributed by atoms with Gasteiger partial charge >= 0.3 is 0 Å². The maximum absolute atomic E-state index is 10.1. The number of methoxy groups -OCH3 is 1. The fourth-order valence-corrected chi connectivity index (χ4v) is 2.53. The number of halogens is 1. The maximum Gasteiger partial charge on any atom is 0.162 e. The van der Waals surface area contributed by atoms with E-state index in [2.05, 4.69) is 17.1 Å². The molecule has 2 rings (SSSR count). The quantitative estimate of drug-likeness (QED) is 0.880. The first kappa shape index (κ1) is 13.5. The van der Waals surface area contributed by atoms with Gasteiger partial charge < -0.3 is 15.2 Å².